The fraction of sp³-hybridized carbons (Fsp3) is 0.483. The zero-order valence-corrected chi connectivity index (χ0v) is 23.2. The van der Waals surface area contributed by atoms with Crippen LogP contribution >= 0.6 is 0 Å². The van der Waals surface area contributed by atoms with Crippen LogP contribution in [0, 0.1) is 11.6 Å². The van der Waals surface area contributed by atoms with Gasteiger partial charge < -0.3 is 24.6 Å². The van der Waals surface area contributed by atoms with Gasteiger partial charge in [-0.05, 0) is 90.9 Å². The minimum absolute atomic E-state index is 0.00919. The fourth-order valence-electron chi connectivity index (χ4n) is 5.19. The molecule has 39 heavy (non-hydrogen) atoms. The lowest BCUT2D eigenvalue weighted by atomic mass is 9.90. The van der Waals surface area contributed by atoms with Gasteiger partial charge in [0.25, 0.3) is 0 Å². The van der Waals surface area contributed by atoms with Crippen LogP contribution in [0.2, 0.25) is 0 Å². The van der Waals surface area contributed by atoms with E-state index in [1.807, 2.05) is 44.7 Å². The SMILES string of the molecule is CC(C)Oc1nc(Nc2ncc(F)c(-c3cc(F)c4c(c3)N(C(C)C)CCO4)n2)ccc1C1CCN(C)CC1. The normalized spacial score (nSPS) is 16.4. The van der Waals surface area contributed by atoms with E-state index in [0.717, 1.165) is 37.7 Å². The Bertz CT molecular complexity index is 1330. The molecular weight excluding hydrogens is 502 g/mol. The van der Waals surface area contributed by atoms with Crippen molar-refractivity contribution in [3.63, 3.8) is 0 Å². The van der Waals surface area contributed by atoms with Gasteiger partial charge in [-0.1, -0.05) is 0 Å². The number of rotatable bonds is 7. The number of piperidine rings is 1. The number of likely N-dealkylation sites (tertiary alicyclic amines) is 1. The predicted octanol–water partition coefficient (Wildman–Crippen LogP) is 5.76. The number of pyridine rings is 1. The molecule has 1 saturated heterocycles. The minimum atomic E-state index is -0.651. The molecular formula is C29H36F2N6O2. The maximum Gasteiger partial charge on any atom is 0.229 e. The summed E-state index contributed by atoms with van der Waals surface area (Å²) < 4.78 is 41.6. The van der Waals surface area contributed by atoms with E-state index in [9.17, 15) is 4.39 Å². The standard InChI is InChI=1S/C29H36F2N6O2/c1-17(2)37-12-13-38-27-22(30)14-20(15-24(27)37)26-23(31)16-32-29(35-26)34-25-7-6-21(28(33-25)39-18(3)4)19-8-10-36(5)11-9-19/h6-7,14-19H,8-13H2,1-5H3,(H,32,33,34,35). The lowest BCUT2D eigenvalue weighted by Crippen LogP contribution is -2.38. The largest absolute Gasteiger partial charge is 0.486 e. The van der Waals surface area contributed by atoms with E-state index in [1.54, 1.807) is 6.07 Å². The van der Waals surface area contributed by atoms with Crippen LogP contribution in [0.4, 0.5) is 26.2 Å². The molecule has 0 bridgehead atoms. The van der Waals surface area contributed by atoms with Crippen LogP contribution in [0.1, 0.15) is 52.0 Å². The van der Waals surface area contributed by atoms with Crippen molar-refractivity contribution in [1.29, 1.82) is 0 Å². The van der Waals surface area contributed by atoms with Crippen molar-refractivity contribution in [2.45, 2.75) is 58.6 Å². The summed E-state index contributed by atoms with van der Waals surface area (Å²) in [6.45, 7) is 11.1. The third-order valence-corrected chi connectivity index (χ3v) is 7.19. The van der Waals surface area contributed by atoms with Crippen LogP contribution in [-0.2, 0) is 0 Å². The second-order valence-corrected chi connectivity index (χ2v) is 10.8. The average molecular weight is 539 g/mol. The molecule has 2 aromatic heterocycles. The van der Waals surface area contributed by atoms with Gasteiger partial charge in [0.2, 0.25) is 11.8 Å². The molecule has 4 heterocycles. The number of halogens is 2. The first-order chi connectivity index (χ1) is 18.7. The number of hydrogen-bond donors (Lipinski definition) is 1. The Morgan fingerprint density at radius 1 is 1.03 bits per heavy atom. The van der Waals surface area contributed by atoms with E-state index in [2.05, 4.69) is 27.2 Å². The Kier molecular flexibility index (Phi) is 7.83. The minimum Gasteiger partial charge on any atom is -0.486 e. The van der Waals surface area contributed by atoms with E-state index < -0.39 is 11.6 Å². The molecule has 8 nitrogen and oxygen atoms in total. The highest BCUT2D eigenvalue weighted by Crippen LogP contribution is 2.40. The van der Waals surface area contributed by atoms with Crippen molar-refractivity contribution in [2.24, 2.45) is 0 Å². The zero-order valence-electron chi connectivity index (χ0n) is 23.2. The first kappa shape index (κ1) is 27.1. The summed E-state index contributed by atoms with van der Waals surface area (Å²) in [6, 6.07) is 6.99. The van der Waals surface area contributed by atoms with Gasteiger partial charge in [-0.15, -0.1) is 0 Å². The molecule has 2 aliphatic heterocycles. The molecule has 1 fully saturated rings. The van der Waals surface area contributed by atoms with Gasteiger partial charge in [-0.25, -0.2) is 18.7 Å². The third-order valence-electron chi connectivity index (χ3n) is 7.19. The van der Waals surface area contributed by atoms with Gasteiger partial charge in [0.15, 0.2) is 17.4 Å². The zero-order chi connectivity index (χ0) is 27.7. The smallest absolute Gasteiger partial charge is 0.229 e. The quantitative estimate of drug-likeness (QED) is 0.407. The maximum atomic E-state index is 15.0. The fourth-order valence-corrected chi connectivity index (χ4v) is 5.19. The van der Waals surface area contributed by atoms with Crippen molar-refractivity contribution in [1.82, 2.24) is 19.9 Å². The van der Waals surface area contributed by atoms with Crippen LogP contribution in [0.15, 0.2) is 30.5 Å². The third kappa shape index (κ3) is 5.90. The lowest BCUT2D eigenvalue weighted by molar-refractivity contribution is 0.219. The van der Waals surface area contributed by atoms with Gasteiger partial charge in [0.1, 0.15) is 18.1 Å². The summed E-state index contributed by atoms with van der Waals surface area (Å²) in [6.07, 6.45) is 3.12. The highest BCUT2D eigenvalue weighted by Gasteiger charge is 2.26. The average Bonchev–Trinajstić information content (AvgIpc) is 2.90. The monoisotopic (exact) mass is 538 g/mol. The van der Waals surface area contributed by atoms with Crippen molar-refractivity contribution in [3.05, 3.63) is 47.7 Å². The molecule has 2 aliphatic rings. The summed E-state index contributed by atoms with van der Waals surface area (Å²) in [7, 11) is 2.14. The second-order valence-electron chi connectivity index (χ2n) is 10.8. The van der Waals surface area contributed by atoms with Crippen molar-refractivity contribution in [2.75, 3.05) is 43.5 Å². The molecule has 5 rings (SSSR count). The Balaban J connectivity index is 1.45. The predicted molar refractivity (Wildman–Crippen MR) is 148 cm³/mol. The number of ether oxygens (including phenoxy) is 2. The van der Waals surface area contributed by atoms with Gasteiger partial charge in [-0.3, -0.25) is 0 Å². The number of nitrogens with zero attached hydrogens (tertiary/aromatic N) is 5. The summed E-state index contributed by atoms with van der Waals surface area (Å²) in [5.74, 6) is 0.561. The molecule has 0 aliphatic carbocycles. The van der Waals surface area contributed by atoms with Crippen LogP contribution in [0.3, 0.4) is 0 Å². The number of fused-ring (bicyclic) bond motifs is 1. The molecule has 1 aromatic carbocycles. The summed E-state index contributed by atoms with van der Waals surface area (Å²) in [4.78, 5) is 17.6. The van der Waals surface area contributed by atoms with Gasteiger partial charge in [0, 0.05) is 17.2 Å². The van der Waals surface area contributed by atoms with E-state index in [-0.39, 0.29) is 29.5 Å². The molecule has 208 valence electrons. The van der Waals surface area contributed by atoms with Crippen LogP contribution < -0.4 is 19.7 Å². The van der Waals surface area contributed by atoms with Gasteiger partial charge >= 0.3 is 0 Å². The Labute approximate surface area is 228 Å². The summed E-state index contributed by atoms with van der Waals surface area (Å²) >= 11 is 0. The first-order valence-corrected chi connectivity index (χ1v) is 13.6. The van der Waals surface area contributed by atoms with Crippen molar-refractivity contribution in [3.8, 4) is 22.9 Å². The summed E-state index contributed by atoms with van der Waals surface area (Å²) in [5, 5.41) is 3.08. The Hall–Kier alpha value is -3.53. The maximum absolute atomic E-state index is 15.0. The molecule has 1 N–H and O–H groups in total. The topological polar surface area (TPSA) is 75.6 Å². The lowest BCUT2D eigenvalue weighted by Gasteiger charge is -2.34. The van der Waals surface area contributed by atoms with E-state index in [4.69, 9.17) is 14.5 Å². The molecule has 0 radical (unpaired) electrons. The van der Waals surface area contributed by atoms with E-state index in [1.165, 1.54) is 6.07 Å². The number of hydrogen-bond acceptors (Lipinski definition) is 8. The number of nitrogens with one attached hydrogen (secondary N) is 1. The Morgan fingerprint density at radius 3 is 2.51 bits per heavy atom. The number of anilines is 3. The first-order valence-electron chi connectivity index (χ1n) is 13.6. The molecule has 0 unspecified atom stereocenters. The van der Waals surface area contributed by atoms with E-state index >= 15 is 4.39 Å². The van der Waals surface area contributed by atoms with Gasteiger partial charge in [0.05, 0.1) is 24.5 Å². The molecule has 10 heteroatoms. The highest BCUT2D eigenvalue weighted by atomic mass is 19.1. The molecule has 3 aromatic rings. The number of benzene rings is 1. The Morgan fingerprint density at radius 2 is 1.79 bits per heavy atom. The molecule has 0 saturated carbocycles. The second kappa shape index (κ2) is 11.3. The van der Waals surface area contributed by atoms with Crippen LogP contribution in [-0.4, -0.2) is 65.3 Å². The molecule has 0 atom stereocenters. The van der Waals surface area contributed by atoms with Crippen LogP contribution in [0.5, 0.6) is 11.6 Å². The number of aromatic nitrogens is 3. The van der Waals surface area contributed by atoms with Gasteiger partial charge in [-0.2, -0.15) is 4.98 Å². The highest BCUT2D eigenvalue weighted by molar-refractivity contribution is 5.73. The van der Waals surface area contributed by atoms with Crippen LogP contribution in [0.25, 0.3) is 11.3 Å². The molecule has 0 amide bonds. The van der Waals surface area contributed by atoms with Crippen molar-refractivity contribution >= 4 is 17.5 Å². The van der Waals surface area contributed by atoms with E-state index in [0.29, 0.717) is 42.0 Å². The van der Waals surface area contributed by atoms with Crippen molar-refractivity contribution < 1.29 is 18.3 Å². The summed E-state index contributed by atoms with van der Waals surface area (Å²) in [5.41, 5.74) is 1.97. The molecule has 0 spiro atoms.